The molecule has 0 aliphatic rings. The Morgan fingerprint density at radius 2 is 1.37 bits per heavy atom. The van der Waals surface area contributed by atoms with E-state index < -0.39 is 33.2 Å². The normalized spacial score (nSPS) is 14.5. The third-order valence-corrected chi connectivity index (χ3v) is 8.06. The first-order chi connectivity index (χ1) is 16.9. The molecule has 4 aromatic carbocycles. The molecule has 3 atom stereocenters. The van der Waals surface area contributed by atoms with E-state index in [1.807, 2.05) is 12.1 Å². The number of azo groups is 1. The molecule has 1 N–H and O–H groups in total. The highest BCUT2D eigenvalue weighted by molar-refractivity contribution is 7.81. The van der Waals surface area contributed by atoms with Gasteiger partial charge in [0.15, 0.2) is 33.2 Å². The number of hydrogen-bond acceptors (Lipinski definition) is 9. The molecule has 0 saturated heterocycles. The summed E-state index contributed by atoms with van der Waals surface area (Å²) in [5, 5.41) is 21.4. The quantitative estimate of drug-likeness (QED) is 0.312. The van der Waals surface area contributed by atoms with Crippen molar-refractivity contribution in [3.63, 3.8) is 0 Å². The van der Waals surface area contributed by atoms with Crippen molar-refractivity contribution in [1.29, 1.82) is 0 Å². The van der Waals surface area contributed by atoms with E-state index in [-0.39, 0.29) is 21.2 Å². The third-order valence-electron chi connectivity index (χ3n) is 5.13. The summed E-state index contributed by atoms with van der Waals surface area (Å²) >= 11 is -5.37. The molecule has 9 nitrogen and oxygen atoms in total. The van der Waals surface area contributed by atoms with E-state index in [1.54, 1.807) is 36.4 Å². The standard InChI is InChI=1S/C23H20N2O7S3/c1-30-33(27)15-12-14-8-10-19(26)23(22(14)21(13-15)35(29)32-3)25-24-18-9-11-20(34(28)31-2)17-7-5-4-6-16(17)18/h4-13,26H,1-3H3/b25-24+. The molecule has 0 amide bonds. The van der Waals surface area contributed by atoms with E-state index in [4.69, 9.17) is 12.5 Å². The minimum Gasteiger partial charge on any atom is -0.506 e. The molecular formula is C23H20N2O7S3. The van der Waals surface area contributed by atoms with Gasteiger partial charge in [-0.15, -0.1) is 10.2 Å². The molecule has 3 unspecified atom stereocenters. The lowest BCUT2D eigenvalue weighted by atomic mass is 10.1. The van der Waals surface area contributed by atoms with Gasteiger partial charge in [-0.25, -0.2) is 12.6 Å². The molecule has 4 aromatic rings. The van der Waals surface area contributed by atoms with E-state index in [2.05, 4.69) is 10.2 Å². The number of rotatable bonds is 8. The van der Waals surface area contributed by atoms with Crippen LogP contribution in [0, 0.1) is 0 Å². The van der Waals surface area contributed by atoms with Crippen molar-refractivity contribution in [2.45, 2.75) is 14.7 Å². The highest BCUT2D eigenvalue weighted by atomic mass is 32.2. The lowest BCUT2D eigenvalue weighted by molar-refractivity contribution is 0.444. The van der Waals surface area contributed by atoms with Crippen LogP contribution in [0.25, 0.3) is 21.5 Å². The average Bonchev–Trinajstić information content (AvgIpc) is 2.90. The van der Waals surface area contributed by atoms with Crippen molar-refractivity contribution < 1.29 is 30.3 Å². The number of aromatic hydroxyl groups is 1. The Morgan fingerprint density at radius 3 is 2.06 bits per heavy atom. The molecule has 0 saturated carbocycles. The minimum absolute atomic E-state index is 0.0614. The molecule has 0 aliphatic heterocycles. The number of fused-ring (bicyclic) bond motifs is 2. The van der Waals surface area contributed by atoms with Crippen LogP contribution in [0.5, 0.6) is 5.75 Å². The molecule has 12 heteroatoms. The summed E-state index contributed by atoms with van der Waals surface area (Å²) in [6, 6.07) is 16.5. The maximum absolute atomic E-state index is 12.7. The van der Waals surface area contributed by atoms with Crippen molar-refractivity contribution in [2.24, 2.45) is 10.2 Å². The first-order valence-electron chi connectivity index (χ1n) is 10.0. The second-order valence-corrected chi connectivity index (χ2v) is 10.7. The molecule has 0 bridgehead atoms. The van der Waals surface area contributed by atoms with Crippen molar-refractivity contribution in [3.8, 4) is 5.75 Å². The van der Waals surface area contributed by atoms with Crippen molar-refractivity contribution >= 4 is 66.2 Å². The molecular weight excluding hydrogens is 512 g/mol. The van der Waals surface area contributed by atoms with Gasteiger partial charge >= 0.3 is 0 Å². The van der Waals surface area contributed by atoms with Gasteiger partial charge in [0.05, 0.1) is 41.7 Å². The van der Waals surface area contributed by atoms with Crippen molar-refractivity contribution in [3.05, 3.63) is 60.7 Å². The van der Waals surface area contributed by atoms with E-state index >= 15 is 0 Å². The lowest BCUT2D eigenvalue weighted by Crippen LogP contribution is -2.00. The molecule has 4 rings (SSSR count). The Labute approximate surface area is 208 Å². The Balaban J connectivity index is 1.93. The van der Waals surface area contributed by atoms with Crippen LogP contribution in [0.2, 0.25) is 0 Å². The fraction of sp³-hybridized carbons (Fsp3) is 0.130. The van der Waals surface area contributed by atoms with Crippen LogP contribution in [-0.2, 0) is 45.8 Å². The van der Waals surface area contributed by atoms with Crippen LogP contribution >= 0.6 is 0 Å². The van der Waals surface area contributed by atoms with Gasteiger partial charge in [0.2, 0.25) is 0 Å². The molecule has 0 heterocycles. The molecule has 35 heavy (non-hydrogen) atoms. The highest BCUT2D eigenvalue weighted by Gasteiger charge is 2.19. The Bertz CT molecular complexity index is 1540. The Morgan fingerprint density at radius 1 is 0.714 bits per heavy atom. The van der Waals surface area contributed by atoms with E-state index in [9.17, 15) is 17.7 Å². The van der Waals surface area contributed by atoms with Crippen molar-refractivity contribution in [1.82, 2.24) is 0 Å². The summed E-state index contributed by atoms with van der Waals surface area (Å²) in [7, 11) is 3.92. The smallest absolute Gasteiger partial charge is 0.189 e. The number of nitrogens with zero attached hydrogens (tertiary/aromatic N) is 2. The fourth-order valence-corrected chi connectivity index (χ4v) is 5.77. The van der Waals surface area contributed by atoms with Crippen LogP contribution < -0.4 is 0 Å². The monoisotopic (exact) mass is 532 g/mol. The van der Waals surface area contributed by atoms with Gasteiger partial charge < -0.3 is 5.11 Å². The fourth-order valence-electron chi connectivity index (χ4n) is 3.57. The Kier molecular flexibility index (Phi) is 7.79. The first kappa shape index (κ1) is 25.2. The van der Waals surface area contributed by atoms with Crippen molar-refractivity contribution in [2.75, 3.05) is 21.3 Å². The summed E-state index contributed by atoms with van der Waals surface area (Å²) in [5.41, 5.74) is 0.520. The predicted octanol–water partition coefficient (Wildman–Crippen LogP) is 5.12. The predicted molar refractivity (Wildman–Crippen MR) is 134 cm³/mol. The SMILES string of the molecule is COS(=O)c1cc(S(=O)OC)c2c(/N=N/c3ccc(S(=O)OC)c4ccccc34)c(O)ccc2c1. The summed E-state index contributed by atoms with van der Waals surface area (Å²) in [5.74, 6) is -0.197. The average molecular weight is 533 g/mol. The molecule has 0 aliphatic carbocycles. The maximum Gasteiger partial charge on any atom is 0.189 e. The van der Waals surface area contributed by atoms with Crippen LogP contribution in [0.3, 0.4) is 0 Å². The number of phenols is 1. The molecule has 0 radical (unpaired) electrons. The summed E-state index contributed by atoms with van der Waals surface area (Å²) in [4.78, 5) is 0.930. The summed E-state index contributed by atoms with van der Waals surface area (Å²) < 4.78 is 52.1. The molecule has 0 spiro atoms. The van der Waals surface area contributed by atoms with Crippen LogP contribution in [0.4, 0.5) is 11.4 Å². The molecule has 0 aromatic heterocycles. The largest absolute Gasteiger partial charge is 0.506 e. The summed E-state index contributed by atoms with van der Waals surface area (Å²) in [6.07, 6.45) is 0. The zero-order valence-corrected chi connectivity index (χ0v) is 21.2. The first-order valence-corrected chi connectivity index (χ1v) is 13.2. The van der Waals surface area contributed by atoms with Crippen LogP contribution in [0.1, 0.15) is 0 Å². The van der Waals surface area contributed by atoms with Gasteiger partial charge in [0.25, 0.3) is 0 Å². The van der Waals surface area contributed by atoms with E-state index in [0.717, 1.165) is 0 Å². The van der Waals surface area contributed by atoms with Gasteiger partial charge in [0, 0.05) is 16.2 Å². The van der Waals surface area contributed by atoms with E-state index in [0.29, 0.717) is 32.1 Å². The second kappa shape index (κ2) is 10.8. The third kappa shape index (κ3) is 4.94. The van der Waals surface area contributed by atoms with Crippen LogP contribution in [0.15, 0.2) is 85.6 Å². The van der Waals surface area contributed by atoms with Gasteiger partial charge in [-0.05, 0) is 35.7 Å². The minimum atomic E-state index is -1.94. The van der Waals surface area contributed by atoms with Gasteiger partial charge in [-0.1, -0.05) is 30.3 Å². The number of benzene rings is 4. The zero-order chi connectivity index (χ0) is 25.1. The van der Waals surface area contributed by atoms with Crippen LogP contribution in [-0.4, -0.2) is 39.1 Å². The molecule has 182 valence electrons. The maximum atomic E-state index is 12.7. The Hall–Kier alpha value is -2.87. The van der Waals surface area contributed by atoms with Gasteiger partial charge in [-0.2, -0.15) is 0 Å². The van der Waals surface area contributed by atoms with E-state index in [1.165, 1.54) is 33.5 Å². The molecule has 0 fully saturated rings. The lowest BCUT2D eigenvalue weighted by Gasteiger charge is -2.11. The van der Waals surface area contributed by atoms with Gasteiger partial charge in [0.1, 0.15) is 11.4 Å². The topological polar surface area (TPSA) is 124 Å². The van der Waals surface area contributed by atoms with Gasteiger partial charge in [-0.3, -0.25) is 12.5 Å². The second-order valence-electron chi connectivity index (χ2n) is 6.99. The zero-order valence-electron chi connectivity index (χ0n) is 18.8. The summed E-state index contributed by atoms with van der Waals surface area (Å²) in [6.45, 7) is 0. The number of phenolic OH excluding ortho intramolecular Hbond substituents is 1. The number of hydrogen-bond donors (Lipinski definition) is 1. The highest BCUT2D eigenvalue weighted by Crippen LogP contribution is 2.41.